The van der Waals surface area contributed by atoms with Crippen molar-refractivity contribution in [2.45, 2.75) is 25.9 Å². The molecule has 5 heteroatoms. The maximum atomic E-state index is 11.8. The smallest absolute Gasteiger partial charge is 0.251 e. The van der Waals surface area contributed by atoms with Gasteiger partial charge in [-0.1, -0.05) is 12.1 Å². The molecular weight excluding hydrogens is 230 g/mol. The van der Waals surface area contributed by atoms with Crippen molar-refractivity contribution in [1.29, 1.82) is 0 Å². The average Bonchev–Trinajstić information content (AvgIpc) is 2.34. The second-order valence-electron chi connectivity index (χ2n) is 4.89. The molecule has 0 bridgehead atoms. The minimum atomic E-state index is -0.738. The largest absolute Gasteiger partial charge is 0.348 e. The first kappa shape index (κ1) is 12.6. The van der Waals surface area contributed by atoms with Gasteiger partial charge in [0.25, 0.3) is 5.91 Å². The molecule has 18 heavy (non-hydrogen) atoms. The van der Waals surface area contributed by atoms with Gasteiger partial charge in [-0.05, 0) is 31.5 Å². The molecule has 2 rings (SSSR count). The molecule has 1 heterocycles. The minimum absolute atomic E-state index is 0.181. The fourth-order valence-corrected chi connectivity index (χ4v) is 2.01. The van der Waals surface area contributed by atoms with Crippen LogP contribution in [0, 0.1) is 0 Å². The predicted octanol–water partition coefficient (Wildman–Crippen LogP) is 0.387. The van der Waals surface area contributed by atoms with Gasteiger partial charge in [0.1, 0.15) is 5.54 Å². The molecule has 1 saturated heterocycles. The highest BCUT2D eigenvalue weighted by Crippen LogP contribution is 2.26. The van der Waals surface area contributed by atoms with E-state index in [-0.39, 0.29) is 18.4 Å². The van der Waals surface area contributed by atoms with Crippen LogP contribution in [0.4, 0.5) is 5.69 Å². The molecule has 3 N–H and O–H groups in total. The molecule has 0 spiro atoms. The molecule has 0 aliphatic carbocycles. The third-order valence-electron chi connectivity index (χ3n) is 3.27. The lowest BCUT2D eigenvalue weighted by atomic mass is 9.97. The van der Waals surface area contributed by atoms with Gasteiger partial charge in [0.15, 0.2) is 0 Å². The molecular formula is C13H17N3O2. The van der Waals surface area contributed by atoms with E-state index in [0.29, 0.717) is 6.54 Å². The summed E-state index contributed by atoms with van der Waals surface area (Å²) in [5.74, 6) is -0.552. The minimum Gasteiger partial charge on any atom is -0.348 e. The maximum absolute atomic E-state index is 11.8. The zero-order chi connectivity index (χ0) is 13.3. The third-order valence-corrected chi connectivity index (χ3v) is 3.27. The van der Waals surface area contributed by atoms with Crippen LogP contribution in [0.3, 0.4) is 0 Å². The molecule has 96 valence electrons. The standard InChI is InChI=1S/C13H17N3O2/c1-13(2)12(18)15-11(17)8-16(13)10-5-3-9(7-14)4-6-10/h3-6H,7-8,14H2,1-2H3,(H,15,17,18). The highest BCUT2D eigenvalue weighted by Gasteiger charge is 2.40. The first-order valence-corrected chi connectivity index (χ1v) is 5.86. The Kier molecular flexibility index (Phi) is 3.09. The summed E-state index contributed by atoms with van der Waals surface area (Å²) in [7, 11) is 0. The fourth-order valence-electron chi connectivity index (χ4n) is 2.01. The lowest BCUT2D eigenvalue weighted by Gasteiger charge is -2.41. The summed E-state index contributed by atoms with van der Waals surface area (Å²) in [6, 6.07) is 7.58. The van der Waals surface area contributed by atoms with Gasteiger partial charge in [-0.15, -0.1) is 0 Å². The fraction of sp³-hybridized carbons (Fsp3) is 0.385. The van der Waals surface area contributed by atoms with Gasteiger partial charge < -0.3 is 10.6 Å². The van der Waals surface area contributed by atoms with E-state index in [9.17, 15) is 9.59 Å². The number of carbonyl (C=O) groups excluding carboxylic acids is 2. The molecule has 2 amide bonds. The number of benzene rings is 1. The van der Waals surface area contributed by atoms with Gasteiger partial charge in [-0.2, -0.15) is 0 Å². The van der Waals surface area contributed by atoms with E-state index >= 15 is 0 Å². The van der Waals surface area contributed by atoms with Crippen LogP contribution >= 0.6 is 0 Å². The molecule has 1 fully saturated rings. The van der Waals surface area contributed by atoms with E-state index in [2.05, 4.69) is 5.32 Å². The van der Waals surface area contributed by atoms with Crippen molar-refractivity contribution in [1.82, 2.24) is 5.32 Å². The number of imide groups is 1. The monoisotopic (exact) mass is 247 g/mol. The second kappa shape index (κ2) is 4.42. The lowest BCUT2D eigenvalue weighted by Crippen LogP contribution is -2.64. The lowest BCUT2D eigenvalue weighted by molar-refractivity contribution is -0.135. The Labute approximate surface area is 106 Å². The maximum Gasteiger partial charge on any atom is 0.251 e. The summed E-state index contributed by atoms with van der Waals surface area (Å²) in [4.78, 5) is 25.1. The van der Waals surface area contributed by atoms with Crippen molar-refractivity contribution in [2.24, 2.45) is 5.73 Å². The summed E-state index contributed by atoms with van der Waals surface area (Å²) >= 11 is 0. The first-order chi connectivity index (χ1) is 8.45. The van der Waals surface area contributed by atoms with Crippen LogP contribution in [0.25, 0.3) is 0 Å². The normalized spacial score (nSPS) is 18.7. The Morgan fingerprint density at radius 3 is 2.44 bits per heavy atom. The van der Waals surface area contributed by atoms with E-state index in [0.717, 1.165) is 11.3 Å². The van der Waals surface area contributed by atoms with Gasteiger partial charge in [-0.25, -0.2) is 0 Å². The van der Waals surface area contributed by atoms with Crippen molar-refractivity contribution >= 4 is 17.5 Å². The first-order valence-electron chi connectivity index (χ1n) is 5.86. The van der Waals surface area contributed by atoms with Crippen molar-refractivity contribution in [2.75, 3.05) is 11.4 Å². The molecule has 1 aliphatic rings. The van der Waals surface area contributed by atoms with Gasteiger partial charge in [0.05, 0.1) is 6.54 Å². The van der Waals surface area contributed by atoms with Gasteiger partial charge in [0.2, 0.25) is 5.91 Å². The number of anilines is 1. The van der Waals surface area contributed by atoms with E-state index in [4.69, 9.17) is 5.73 Å². The Hall–Kier alpha value is -1.88. The Bertz CT molecular complexity index is 480. The number of nitrogens with zero attached hydrogens (tertiary/aromatic N) is 1. The molecule has 1 aromatic carbocycles. The van der Waals surface area contributed by atoms with Gasteiger partial charge >= 0.3 is 0 Å². The number of nitrogens with two attached hydrogens (primary N) is 1. The van der Waals surface area contributed by atoms with E-state index < -0.39 is 5.54 Å². The number of hydrogen-bond donors (Lipinski definition) is 2. The number of piperazine rings is 1. The number of amides is 2. The molecule has 5 nitrogen and oxygen atoms in total. The summed E-state index contributed by atoms with van der Waals surface area (Å²) in [6.07, 6.45) is 0. The quantitative estimate of drug-likeness (QED) is 0.741. The van der Waals surface area contributed by atoms with Crippen molar-refractivity contribution in [3.63, 3.8) is 0 Å². The summed E-state index contributed by atoms with van der Waals surface area (Å²) in [5.41, 5.74) is 6.67. The third kappa shape index (κ3) is 2.09. The average molecular weight is 247 g/mol. The topological polar surface area (TPSA) is 75.4 Å². The van der Waals surface area contributed by atoms with Crippen LogP contribution in [0.1, 0.15) is 19.4 Å². The molecule has 0 unspecified atom stereocenters. The second-order valence-corrected chi connectivity index (χ2v) is 4.89. The zero-order valence-corrected chi connectivity index (χ0v) is 10.6. The predicted molar refractivity (Wildman–Crippen MR) is 68.9 cm³/mol. The number of hydrogen-bond acceptors (Lipinski definition) is 4. The Morgan fingerprint density at radius 2 is 1.89 bits per heavy atom. The van der Waals surface area contributed by atoms with Crippen LogP contribution in [0.2, 0.25) is 0 Å². The van der Waals surface area contributed by atoms with Crippen molar-refractivity contribution < 1.29 is 9.59 Å². The summed E-state index contributed by atoms with van der Waals surface area (Å²) in [6.45, 7) is 4.25. The van der Waals surface area contributed by atoms with E-state index in [1.54, 1.807) is 18.7 Å². The van der Waals surface area contributed by atoms with E-state index in [1.165, 1.54) is 0 Å². The van der Waals surface area contributed by atoms with Gasteiger partial charge in [-0.3, -0.25) is 14.9 Å². The van der Waals surface area contributed by atoms with Crippen molar-refractivity contribution in [3.05, 3.63) is 29.8 Å². The highest BCUT2D eigenvalue weighted by atomic mass is 16.2. The molecule has 0 radical (unpaired) electrons. The molecule has 0 saturated carbocycles. The van der Waals surface area contributed by atoms with Crippen LogP contribution in [-0.2, 0) is 16.1 Å². The van der Waals surface area contributed by atoms with Crippen LogP contribution < -0.4 is 16.0 Å². The number of carbonyl (C=O) groups is 2. The summed E-state index contributed by atoms with van der Waals surface area (Å²) in [5, 5.41) is 2.35. The molecule has 0 atom stereocenters. The molecule has 1 aliphatic heterocycles. The summed E-state index contributed by atoms with van der Waals surface area (Å²) < 4.78 is 0. The van der Waals surface area contributed by atoms with Gasteiger partial charge in [0, 0.05) is 12.2 Å². The van der Waals surface area contributed by atoms with Crippen LogP contribution in [0.5, 0.6) is 0 Å². The van der Waals surface area contributed by atoms with Crippen molar-refractivity contribution in [3.8, 4) is 0 Å². The van der Waals surface area contributed by atoms with E-state index in [1.807, 2.05) is 24.3 Å². The molecule has 1 aromatic rings. The number of nitrogens with one attached hydrogen (secondary N) is 1. The molecule has 0 aromatic heterocycles. The Balaban J connectivity index is 2.34. The van der Waals surface area contributed by atoms with Crippen LogP contribution in [-0.4, -0.2) is 23.9 Å². The SMILES string of the molecule is CC1(C)C(=O)NC(=O)CN1c1ccc(CN)cc1. The number of rotatable bonds is 2. The zero-order valence-electron chi connectivity index (χ0n) is 10.6. The highest BCUT2D eigenvalue weighted by molar-refractivity contribution is 6.06. The van der Waals surface area contributed by atoms with Crippen LogP contribution in [0.15, 0.2) is 24.3 Å². The Morgan fingerprint density at radius 1 is 1.28 bits per heavy atom.